The van der Waals surface area contributed by atoms with Crippen LogP contribution in [0.5, 0.6) is 0 Å². The highest BCUT2D eigenvalue weighted by atomic mass is 32.2. The Bertz CT molecular complexity index is 958. The van der Waals surface area contributed by atoms with Gasteiger partial charge in [0.2, 0.25) is 15.9 Å². The van der Waals surface area contributed by atoms with Crippen LogP contribution in [-0.4, -0.2) is 51.1 Å². The number of hydrogen-bond acceptors (Lipinski definition) is 6. The molecular weight excluding hydrogens is 424 g/mol. The summed E-state index contributed by atoms with van der Waals surface area (Å²) in [6.07, 6.45) is 3.64. The Morgan fingerprint density at radius 1 is 1.07 bits per heavy atom. The molecule has 2 aromatic rings. The minimum absolute atomic E-state index is 0.126. The first-order valence-corrected chi connectivity index (χ1v) is 12.1. The first-order chi connectivity index (χ1) is 14.3. The molecule has 0 heterocycles. The molecule has 0 saturated heterocycles. The van der Waals surface area contributed by atoms with E-state index in [0.717, 1.165) is 22.0 Å². The third kappa shape index (κ3) is 6.58. The molecular formula is C21H26N2O5S2. The second-order valence-corrected chi connectivity index (χ2v) is 9.48. The molecule has 0 radical (unpaired) electrons. The monoisotopic (exact) mass is 450 g/mol. The SMILES string of the molecule is CCCCOC(=O)c1ccc(NC(=O)CN(C)S(=O)(=O)c2ccc(SC)cc2)cc1. The molecule has 2 aromatic carbocycles. The van der Waals surface area contributed by atoms with Crippen LogP contribution >= 0.6 is 11.8 Å². The van der Waals surface area contributed by atoms with E-state index in [-0.39, 0.29) is 11.4 Å². The van der Waals surface area contributed by atoms with Crippen molar-refractivity contribution in [2.75, 3.05) is 31.8 Å². The van der Waals surface area contributed by atoms with Gasteiger partial charge in [-0.15, -0.1) is 11.8 Å². The van der Waals surface area contributed by atoms with E-state index in [1.807, 2.05) is 13.2 Å². The van der Waals surface area contributed by atoms with Gasteiger partial charge in [-0.05, 0) is 61.2 Å². The van der Waals surface area contributed by atoms with Gasteiger partial charge in [-0.1, -0.05) is 13.3 Å². The Labute approximate surface area is 181 Å². The molecule has 0 saturated carbocycles. The summed E-state index contributed by atoms with van der Waals surface area (Å²) in [6.45, 7) is 2.04. The Hall–Kier alpha value is -2.36. The Balaban J connectivity index is 1.94. The van der Waals surface area contributed by atoms with Crippen molar-refractivity contribution in [1.82, 2.24) is 4.31 Å². The molecule has 30 heavy (non-hydrogen) atoms. The Morgan fingerprint density at radius 3 is 2.27 bits per heavy atom. The van der Waals surface area contributed by atoms with Crippen LogP contribution in [0.2, 0.25) is 0 Å². The van der Waals surface area contributed by atoms with Crippen molar-refractivity contribution in [3.63, 3.8) is 0 Å². The fourth-order valence-electron chi connectivity index (χ4n) is 2.50. The van der Waals surface area contributed by atoms with Gasteiger partial charge in [0.25, 0.3) is 0 Å². The third-order valence-corrected chi connectivity index (χ3v) is 6.83. The molecule has 0 aliphatic carbocycles. The van der Waals surface area contributed by atoms with Crippen molar-refractivity contribution in [2.45, 2.75) is 29.6 Å². The average molecular weight is 451 g/mol. The van der Waals surface area contributed by atoms with Gasteiger partial charge in [0.05, 0.1) is 23.6 Å². The first kappa shape index (κ1) is 23.9. The highest BCUT2D eigenvalue weighted by Gasteiger charge is 2.23. The number of carbonyl (C=O) groups excluding carboxylic acids is 2. The molecule has 9 heteroatoms. The Kier molecular flexibility index (Phi) is 8.88. The van der Waals surface area contributed by atoms with E-state index in [1.165, 1.54) is 30.9 Å². The van der Waals surface area contributed by atoms with E-state index in [2.05, 4.69) is 5.32 Å². The van der Waals surface area contributed by atoms with Crippen LogP contribution in [0.1, 0.15) is 30.1 Å². The average Bonchev–Trinajstić information content (AvgIpc) is 2.74. The number of nitrogens with zero attached hydrogens (tertiary/aromatic N) is 1. The van der Waals surface area contributed by atoms with Crippen LogP contribution in [0, 0.1) is 0 Å². The lowest BCUT2D eigenvalue weighted by atomic mass is 10.2. The van der Waals surface area contributed by atoms with Crippen LogP contribution in [0.3, 0.4) is 0 Å². The zero-order chi connectivity index (χ0) is 22.1. The number of rotatable bonds is 10. The van der Waals surface area contributed by atoms with E-state index in [0.29, 0.717) is 17.9 Å². The number of carbonyl (C=O) groups is 2. The van der Waals surface area contributed by atoms with Gasteiger partial charge in [0.1, 0.15) is 0 Å². The predicted octanol–water partition coefficient (Wildman–Crippen LogP) is 3.62. The number of hydrogen-bond donors (Lipinski definition) is 1. The van der Waals surface area contributed by atoms with Gasteiger partial charge in [-0.25, -0.2) is 13.2 Å². The number of ether oxygens (including phenoxy) is 1. The van der Waals surface area contributed by atoms with Crippen molar-refractivity contribution >= 4 is 39.3 Å². The predicted molar refractivity (Wildman–Crippen MR) is 118 cm³/mol. The number of thioether (sulfide) groups is 1. The fourth-order valence-corrected chi connectivity index (χ4v) is 4.03. The zero-order valence-electron chi connectivity index (χ0n) is 17.3. The normalized spacial score (nSPS) is 11.3. The number of likely N-dealkylation sites (N-methyl/N-ethyl adjacent to an activating group) is 1. The number of esters is 1. The summed E-state index contributed by atoms with van der Waals surface area (Å²) in [5.74, 6) is -0.903. The maximum absolute atomic E-state index is 12.6. The van der Waals surface area contributed by atoms with E-state index in [1.54, 1.807) is 36.4 Å². The molecule has 0 aliphatic heterocycles. The number of anilines is 1. The van der Waals surface area contributed by atoms with E-state index >= 15 is 0 Å². The van der Waals surface area contributed by atoms with E-state index < -0.39 is 21.9 Å². The smallest absolute Gasteiger partial charge is 0.338 e. The van der Waals surface area contributed by atoms with Crippen LogP contribution < -0.4 is 5.32 Å². The third-order valence-electron chi connectivity index (χ3n) is 4.27. The summed E-state index contributed by atoms with van der Waals surface area (Å²) in [7, 11) is -2.42. The van der Waals surface area contributed by atoms with E-state index in [4.69, 9.17) is 4.74 Å². The summed E-state index contributed by atoms with van der Waals surface area (Å²) >= 11 is 1.51. The van der Waals surface area contributed by atoms with Crippen LogP contribution in [0.4, 0.5) is 5.69 Å². The molecule has 0 spiro atoms. The van der Waals surface area contributed by atoms with Gasteiger partial charge in [0, 0.05) is 17.6 Å². The quantitative estimate of drug-likeness (QED) is 0.338. The van der Waals surface area contributed by atoms with Gasteiger partial charge in [-0.2, -0.15) is 4.31 Å². The van der Waals surface area contributed by atoms with E-state index in [9.17, 15) is 18.0 Å². The number of benzene rings is 2. The van der Waals surface area contributed by atoms with Crippen molar-refractivity contribution in [3.05, 3.63) is 54.1 Å². The molecule has 7 nitrogen and oxygen atoms in total. The molecule has 2 rings (SSSR count). The first-order valence-electron chi connectivity index (χ1n) is 9.45. The molecule has 0 bridgehead atoms. The van der Waals surface area contributed by atoms with Crippen LogP contribution in [-0.2, 0) is 19.6 Å². The highest BCUT2D eigenvalue weighted by Crippen LogP contribution is 2.20. The zero-order valence-corrected chi connectivity index (χ0v) is 18.9. The largest absolute Gasteiger partial charge is 0.462 e. The van der Waals surface area contributed by atoms with Crippen molar-refractivity contribution < 1.29 is 22.7 Å². The molecule has 0 aromatic heterocycles. The lowest BCUT2D eigenvalue weighted by Crippen LogP contribution is -2.34. The summed E-state index contributed by atoms with van der Waals surface area (Å²) in [5, 5.41) is 2.63. The number of sulfonamides is 1. The maximum atomic E-state index is 12.6. The number of amides is 1. The fraction of sp³-hybridized carbons (Fsp3) is 0.333. The Morgan fingerprint density at radius 2 is 1.70 bits per heavy atom. The maximum Gasteiger partial charge on any atom is 0.338 e. The molecule has 1 N–H and O–H groups in total. The van der Waals surface area contributed by atoms with Crippen molar-refractivity contribution in [1.29, 1.82) is 0 Å². The minimum Gasteiger partial charge on any atom is -0.462 e. The number of nitrogens with one attached hydrogen (secondary N) is 1. The number of unbranched alkanes of at least 4 members (excludes halogenated alkanes) is 1. The summed E-state index contributed by atoms with van der Waals surface area (Å²) in [6, 6.07) is 12.7. The lowest BCUT2D eigenvalue weighted by molar-refractivity contribution is -0.116. The lowest BCUT2D eigenvalue weighted by Gasteiger charge is -2.17. The second kappa shape index (κ2) is 11.1. The summed E-state index contributed by atoms with van der Waals surface area (Å²) in [5.41, 5.74) is 0.845. The standard InChI is InChI=1S/C21H26N2O5S2/c1-4-5-14-28-21(25)16-6-8-17(9-7-16)22-20(24)15-23(2)30(26,27)19-12-10-18(29-3)11-13-19/h6-13H,4-5,14-15H2,1-3H3,(H,22,24). The van der Waals surface area contributed by atoms with Crippen LogP contribution in [0.15, 0.2) is 58.3 Å². The van der Waals surface area contributed by atoms with Crippen LogP contribution in [0.25, 0.3) is 0 Å². The molecule has 0 fully saturated rings. The van der Waals surface area contributed by atoms with Gasteiger partial charge < -0.3 is 10.1 Å². The minimum atomic E-state index is -3.78. The molecule has 0 atom stereocenters. The molecule has 0 unspecified atom stereocenters. The van der Waals surface area contributed by atoms with Crippen molar-refractivity contribution in [2.24, 2.45) is 0 Å². The molecule has 0 aliphatic rings. The van der Waals surface area contributed by atoms with Gasteiger partial charge in [-0.3, -0.25) is 4.79 Å². The van der Waals surface area contributed by atoms with Crippen molar-refractivity contribution in [3.8, 4) is 0 Å². The van der Waals surface area contributed by atoms with Gasteiger partial charge in [0.15, 0.2) is 0 Å². The second-order valence-electron chi connectivity index (χ2n) is 6.55. The summed E-state index contributed by atoms with van der Waals surface area (Å²) < 4.78 is 31.4. The highest BCUT2D eigenvalue weighted by molar-refractivity contribution is 7.98. The molecule has 1 amide bonds. The molecule has 162 valence electrons. The summed E-state index contributed by atoms with van der Waals surface area (Å²) in [4.78, 5) is 25.3. The topological polar surface area (TPSA) is 92.8 Å². The van der Waals surface area contributed by atoms with Gasteiger partial charge >= 0.3 is 5.97 Å².